The number of nitrogens with two attached hydrogens (primary N) is 1. The van der Waals surface area contributed by atoms with Gasteiger partial charge in [0.05, 0.1) is 12.6 Å². The second kappa shape index (κ2) is 8.96. The van der Waals surface area contributed by atoms with Gasteiger partial charge in [-0.3, -0.25) is 4.99 Å². The summed E-state index contributed by atoms with van der Waals surface area (Å²) in [6.45, 7) is 0.610. The van der Waals surface area contributed by atoms with Crippen LogP contribution in [0.15, 0.2) is 46.9 Å². The fourth-order valence-electron chi connectivity index (χ4n) is 1.78. The highest BCUT2D eigenvalue weighted by molar-refractivity contribution is 14.0. The van der Waals surface area contributed by atoms with Crippen molar-refractivity contribution in [3.05, 3.63) is 46.8 Å². The first-order valence-corrected chi connectivity index (χ1v) is 7.22. The maximum absolute atomic E-state index is 5.89. The molecule has 7 heteroatoms. The highest BCUT2D eigenvalue weighted by Gasteiger charge is 2.14. The van der Waals surface area contributed by atoms with E-state index < -0.39 is 0 Å². The molecule has 114 valence electrons. The highest BCUT2D eigenvalue weighted by atomic mass is 127. The highest BCUT2D eigenvalue weighted by Crippen LogP contribution is 2.23. The zero-order chi connectivity index (χ0) is 14.4. The van der Waals surface area contributed by atoms with Gasteiger partial charge in [-0.1, -0.05) is 12.1 Å². The Balaban J connectivity index is 0.00000220. The van der Waals surface area contributed by atoms with E-state index in [1.165, 1.54) is 4.88 Å². The van der Waals surface area contributed by atoms with Gasteiger partial charge >= 0.3 is 0 Å². The van der Waals surface area contributed by atoms with E-state index in [-0.39, 0.29) is 30.0 Å². The first-order valence-electron chi connectivity index (χ1n) is 6.34. The summed E-state index contributed by atoms with van der Waals surface area (Å²) >= 11 is 1.73. The molecule has 0 aliphatic rings. The third kappa shape index (κ3) is 5.60. The van der Waals surface area contributed by atoms with Gasteiger partial charge in [0, 0.05) is 11.1 Å². The lowest BCUT2D eigenvalue weighted by atomic mass is 10.2. The fraction of sp³-hybridized carbons (Fsp3) is 0.286. The van der Waals surface area contributed by atoms with Crippen LogP contribution in [0.25, 0.3) is 0 Å². The van der Waals surface area contributed by atoms with Gasteiger partial charge in [-0.05, 0) is 37.7 Å². The molecule has 0 amide bonds. The molecule has 1 atom stereocenters. The third-order valence-corrected chi connectivity index (χ3v) is 3.82. The number of pyridine rings is 1. The molecule has 2 aromatic rings. The third-order valence-electron chi connectivity index (χ3n) is 2.85. The van der Waals surface area contributed by atoms with E-state index >= 15 is 0 Å². The Labute approximate surface area is 146 Å². The number of hydrogen-bond donors (Lipinski definition) is 2. The Kier molecular flexibility index (Phi) is 7.62. The van der Waals surface area contributed by atoms with Crippen molar-refractivity contribution in [1.82, 2.24) is 9.88 Å². The van der Waals surface area contributed by atoms with Gasteiger partial charge in [-0.25, -0.2) is 4.98 Å². The summed E-state index contributed by atoms with van der Waals surface area (Å²) in [4.78, 5) is 12.0. The lowest BCUT2D eigenvalue weighted by Crippen LogP contribution is -2.27. The van der Waals surface area contributed by atoms with Crippen LogP contribution in [0.5, 0.6) is 0 Å². The Morgan fingerprint density at radius 3 is 2.76 bits per heavy atom. The summed E-state index contributed by atoms with van der Waals surface area (Å²) in [7, 11) is 4.09. The van der Waals surface area contributed by atoms with Crippen molar-refractivity contribution in [2.24, 2.45) is 10.7 Å². The standard InChI is InChI=1S/C14H19N5S.HI/c1-19(2)11(12-6-5-9-20-12)10-17-14(15)18-13-7-3-4-8-16-13;/h3-9,11H,10H2,1-2H3,(H3,15,16,17,18);1H. The normalized spacial score (nSPS) is 12.8. The molecule has 0 fully saturated rings. The van der Waals surface area contributed by atoms with Crippen molar-refractivity contribution < 1.29 is 0 Å². The number of thiophene rings is 1. The van der Waals surface area contributed by atoms with E-state index in [2.05, 4.69) is 37.7 Å². The van der Waals surface area contributed by atoms with Crippen LogP contribution in [0.4, 0.5) is 5.82 Å². The zero-order valence-corrected chi connectivity index (χ0v) is 15.2. The second-order valence-electron chi connectivity index (χ2n) is 4.56. The lowest BCUT2D eigenvalue weighted by Gasteiger charge is -2.21. The number of nitrogens with one attached hydrogen (secondary N) is 1. The van der Waals surface area contributed by atoms with Gasteiger partial charge in [0.1, 0.15) is 5.82 Å². The van der Waals surface area contributed by atoms with Crippen molar-refractivity contribution in [3.8, 4) is 0 Å². The molecular weight excluding hydrogens is 397 g/mol. The summed E-state index contributed by atoms with van der Waals surface area (Å²) < 4.78 is 0. The van der Waals surface area contributed by atoms with Gasteiger partial charge in [-0.2, -0.15) is 0 Å². The van der Waals surface area contributed by atoms with E-state index in [1.807, 2.05) is 32.3 Å². The van der Waals surface area contributed by atoms with E-state index in [4.69, 9.17) is 5.73 Å². The number of hydrogen-bond acceptors (Lipinski definition) is 4. The molecule has 0 aliphatic carbocycles. The molecule has 1 unspecified atom stereocenters. The molecule has 21 heavy (non-hydrogen) atoms. The SMILES string of the molecule is CN(C)C(CN=C(N)Nc1ccccn1)c1cccs1.I. The number of halogens is 1. The topological polar surface area (TPSA) is 66.5 Å². The Hall–Kier alpha value is -1.19. The molecule has 0 bridgehead atoms. The number of likely N-dealkylation sites (N-methyl/N-ethyl adjacent to an activating group) is 1. The van der Waals surface area contributed by atoms with Crippen molar-refractivity contribution in [2.45, 2.75) is 6.04 Å². The van der Waals surface area contributed by atoms with Crippen molar-refractivity contribution >= 4 is 47.1 Å². The van der Waals surface area contributed by atoms with Crippen LogP contribution >= 0.6 is 35.3 Å². The quantitative estimate of drug-likeness (QED) is 0.446. The van der Waals surface area contributed by atoms with Gasteiger partial charge in [-0.15, -0.1) is 35.3 Å². The molecule has 0 aliphatic heterocycles. The van der Waals surface area contributed by atoms with Crippen LogP contribution in [0.1, 0.15) is 10.9 Å². The summed E-state index contributed by atoms with van der Waals surface area (Å²) in [5.41, 5.74) is 5.89. The summed E-state index contributed by atoms with van der Waals surface area (Å²) in [5, 5.41) is 5.06. The van der Waals surface area contributed by atoms with Crippen molar-refractivity contribution in [2.75, 3.05) is 26.0 Å². The molecule has 0 aromatic carbocycles. The summed E-state index contributed by atoms with van der Waals surface area (Å²) in [6, 6.07) is 10.0. The smallest absolute Gasteiger partial charge is 0.194 e. The second-order valence-corrected chi connectivity index (χ2v) is 5.54. The number of aromatic nitrogens is 1. The average Bonchev–Trinajstić information content (AvgIpc) is 2.93. The minimum absolute atomic E-state index is 0. The van der Waals surface area contributed by atoms with Crippen molar-refractivity contribution in [3.63, 3.8) is 0 Å². The molecule has 0 saturated heterocycles. The van der Waals surface area contributed by atoms with Gasteiger partial charge in [0.15, 0.2) is 5.96 Å². The first kappa shape index (κ1) is 17.9. The molecule has 2 rings (SSSR count). The molecule has 0 radical (unpaired) electrons. The zero-order valence-electron chi connectivity index (χ0n) is 12.1. The van der Waals surface area contributed by atoms with Crippen LogP contribution < -0.4 is 11.1 Å². The van der Waals surface area contributed by atoms with Gasteiger partial charge in [0.2, 0.25) is 0 Å². The van der Waals surface area contributed by atoms with Gasteiger partial charge < -0.3 is 16.0 Å². The van der Waals surface area contributed by atoms with Crippen LogP contribution in [-0.2, 0) is 0 Å². The van der Waals surface area contributed by atoms with E-state index in [9.17, 15) is 0 Å². The maximum Gasteiger partial charge on any atom is 0.194 e. The minimum atomic E-state index is 0. The largest absolute Gasteiger partial charge is 0.370 e. The van der Waals surface area contributed by atoms with Crippen LogP contribution in [0.3, 0.4) is 0 Å². The Morgan fingerprint density at radius 1 is 1.38 bits per heavy atom. The fourth-order valence-corrected chi connectivity index (χ4v) is 2.69. The first-order chi connectivity index (χ1) is 9.66. The van der Waals surface area contributed by atoms with E-state index in [0.29, 0.717) is 18.3 Å². The molecule has 2 heterocycles. The van der Waals surface area contributed by atoms with Crippen molar-refractivity contribution in [1.29, 1.82) is 0 Å². The van der Waals surface area contributed by atoms with Crippen LogP contribution in [0.2, 0.25) is 0 Å². The summed E-state index contributed by atoms with van der Waals surface area (Å²) in [6.07, 6.45) is 1.71. The molecule has 3 N–H and O–H groups in total. The number of guanidine groups is 1. The monoisotopic (exact) mass is 417 g/mol. The molecular formula is C14H20IN5S. The average molecular weight is 417 g/mol. The van der Waals surface area contributed by atoms with Crippen LogP contribution in [-0.4, -0.2) is 36.5 Å². The predicted molar refractivity (Wildman–Crippen MR) is 101 cm³/mol. The molecule has 5 nitrogen and oxygen atoms in total. The number of anilines is 1. The molecule has 0 saturated carbocycles. The lowest BCUT2D eigenvalue weighted by molar-refractivity contribution is 0.311. The molecule has 0 spiro atoms. The minimum Gasteiger partial charge on any atom is -0.370 e. The van der Waals surface area contributed by atoms with E-state index in [0.717, 1.165) is 0 Å². The Morgan fingerprint density at radius 2 is 2.19 bits per heavy atom. The van der Waals surface area contributed by atoms with Crippen LogP contribution in [0, 0.1) is 0 Å². The summed E-state index contributed by atoms with van der Waals surface area (Å²) in [5.74, 6) is 1.08. The van der Waals surface area contributed by atoms with Gasteiger partial charge in [0.25, 0.3) is 0 Å². The molecule has 2 aromatic heterocycles. The number of aliphatic imine (C=N–C) groups is 1. The van der Waals surface area contributed by atoms with E-state index in [1.54, 1.807) is 17.5 Å². The number of nitrogens with zero attached hydrogens (tertiary/aromatic N) is 3. The predicted octanol–water partition coefficient (Wildman–Crippen LogP) is 2.79. The maximum atomic E-state index is 5.89. The Bertz CT molecular complexity index is 542. The number of rotatable bonds is 5.